The van der Waals surface area contributed by atoms with E-state index in [1.165, 1.54) is 0 Å². The molecule has 1 aliphatic carbocycles. The first-order chi connectivity index (χ1) is 11.0. The third-order valence-corrected chi connectivity index (χ3v) is 5.26. The number of nitrogens with zero attached hydrogens (tertiary/aromatic N) is 1. The lowest BCUT2D eigenvalue weighted by molar-refractivity contribution is -0.141. The molecule has 1 aromatic rings. The molecule has 0 bridgehead atoms. The summed E-state index contributed by atoms with van der Waals surface area (Å²) in [4.78, 5) is 26.3. The summed E-state index contributed by atoms with van der Waals surface area (Å²) in [5.41, 5.74) is 1.46. The predicted octanol–water partition coefficient (Wildman–Crippen LogP) is 2.86. The maximum Gasteiger partial charge on any atom is 0.326 e. The Balaban J connectivity index is 1.93. The molecule has 1 aromatic carbocycles. The lowest BCUT2D eigenvalue weighted by Crippen LogP contribution is -2.46. The van der Waals surface area contributed by atoms with Gasteiger partial charge in [0.1, 0.15) is 11.8 Å². The van der Waals surface area contributed by atoms with E-state index in [0.29, 0.717) is 23.7 Å². The van der Waals surface area contributed by atoms with Crippen LogP contribution in [0.25, 0.3) is 0 Å². The monoisotopic (exact) mass is 317 g/mol. The minimum absolute atomic E-state index is 0.0599. The van der Waals surface area contributed by atoms with Crippen LogP contribution in [-0.4, -0.2) is 41.1 Å². The average Bonchev–Trinajstić information content (AvgIpc) is 2.94. The number of carbonyl (C=O) groups excluding carboxylic acids is 1. The number of hydrogen-bond acceptors (Lipinski definition) is 3. The second-order valence-electron chi connectivity index (χ2n) is 6.60. The maximum absolute atomic E-state index is 13.0. The van der Waals surface area contributed by atoms with Gasteiger partial charge in [-0.05, 0) is 49.8 Å². The first-order valence-corrected chi connectivity index (χ1v) is 8.23. The van der Waals surface area contributed by atoms with Crippen LogP contribution in [0, 0.1) is 12.8 Å². The molecule has 1 heterocycles. The number of ether oxygens (including phenoxy) is 1. The van der Waals surface area contributed by atoms with Gasteiger partial charge in [-0.15, -0.1) is 0 Å². The van der Waals surface area contributed by atoms with Crippen LogP contribution in [0.2, 0.25) is 0 Å². The van der Waals surface area contributed by atoms with E-state index in [9.17, 15) is 14.7 Å². The van der Waals surface area contributed by atoms with E-state index in [4.69, 9.17) is 4.74 Å². The van der Waals surface area contributed by atoms with E-state index in [2.05, 4.69) is 0 Å². The van der Waals surface area contributed by atoms with Gasteiger partial charge < -0.3 is 14.7 Å². The summed E-state index contributed by atoms with van der Waals surface area (Å²) in [6, 6.07) is 4.67. The van der Waals surface area contributed by atoms with Crippen LogP contribution < -0.4 is 4.74 Å². The Morgan fingerprint density at radius 1 is 1.26 bits per heavy atom. The van der Waals surface area contributed by atoms with Crippen molar-refractivity contribution in [2.45, 2.75) is 51.1 Å². The molecule has 23 heavy (non-hydrogen) atoms. The van der Waals surface area contributed by atoms with E-state index in [1.807, 2.05) is 13.0 Å². The highest BCUT2D eigenvalue weighted by Gasteiger charge is 2.47. The molecule has 3 atom stereocenters. The topological polar surface area (TPSA) is 66.8 Å². The summed E-state index contributed by atoms with van der Waals surface area (Å²) >= 11 is 0. The first-order valence-electron chi connectivity index (χ1n) is 8.23. The number of rotatable bonds is 3. The second kappa shape index (κ2) is 6.22. The van der Waals surface area contributed by atoms with Crippen molar-refractivity contribution in [1.29, 1.82) is 0 Å². The lowest BCUT2D eigenvalue weighted by Gasteiger charge is -2.33. The summed E-state index contributed by atoms with van der Waals surface area (Å²) in [6.07, 6.45) is 4.70. The van der Waals surface area contributed by atoms with Gasteiger partial charge in [0.15, 0.2) is 0 Å². The van der Waals surface area contributed by atoms with Gasteiger partial charge in [-0.3, -0.25) is 4.79 Å². The Kier molecular flexibility index (Phi) is 4.28. The van der Waals surface area contributed by atoms with E-state index >= 15 is 0 Å². The zero-order chi connectivity index (χ0) is 16.6. The van der Waals surface area contributed by atoms with Crippen molar-refractivity contribution in [3.05, 3.63) is 29.3 Å². The number of carboxylic acids is 1. The van der Waals surface area contributed by atoms with Crippen molar-refractivity contribution in [2.75, 3.05) is 7.11 Å². The Hall–Kier alpha value is -2.04. The number of amides is 1. The zero-order valence-corrected chi connectivity index (χ0v) is 13.6. The van der Waals surface area contributed by atoms with Crippen molar-refractivity contribution in [3.63, 3.8) is 0 Å². The number of benzene rings is 1. The molecule has 0 spiro atoms. The van der Waals surface area contributed by atoms with Gasteiger partial charge in [0, 0.05) is 11.6 Å². The third-order valence-electron chi connectivity index (χ3n) is 5.26. The Bertz CT molecular complexity index is 627. The van der Waals surface area contributed by atoms with Gasteiger partial charge in [0.05, 0.1) is 7.11 Å². The lowest BCUT2D eigenvalue weighted by atomic mass is 9.84. The smallest absolute Gasteiger partial charge is 0.326 e. The third kappa shape index (κ3) is 2.80. The van der Waals surface area contributed by atoms with Gasteiger partial charge >= 0.3 is 5.97 Å². The van der Waals surface area contributed by atoms with Crippen LogP contribution in [0.3, 0.4) is 0 Å². The SMILES string of the molecule is COc1cc(C(=O)N2C(C(=O)O)CC3CCCCC32)ccc1C. The van der Waals surface area contributed by atoms with Crippen LogP contribution in [-0.2, 0) is 4.79 Å². The van der Waals surface area contributed by atoms with E-state index in [0.717, 1.165) is 31.2 Å². The molecule has 2 fully saturated rings. The van der Waals surface area contributed by atoms with Crippen molar-refractivity contribution in [2.24, 2.45) is 5.92 Å². The number of aliphatic carboxylic acids is 1. The minimum Gasteiger partial charge on any atom is -0.496 e. The highest BCUT2D eigenvalue weighted by Crippen LogP contribution is 2.40. The fourth-order valence-corrected chi connectivity index (χ4v) is 4.07. The molecule has 5 nitrogen and oxygen atoms in total. The molecule has 1 N–H and O–H groups in total. The van der Waals surface area contributed by atoms with E-state index in [-0.39, 0.29) is 11.9 Å². The number of carbonyl (C=O) groups is 2. The van der Waals surface area contributed by atoms with Crippen LogP contribution in [0.15, 0.2) is 18.2 Å². The standard InChI is InChI=1S/C18H23NO4/c1-11-7-8-13(10-16(11)23-2)17(20)19-14-6-4-3-5-12(14)9-15(19)18(21)22/h7-8,10,12,14-15H,3-6,9H2,1-2H3,(H,21,22). The molecule has 1 aliphatic heterocycles. The quantitative estimate of drug-likeness (QED) is 0.931. The van der Waals surface area contributed by atoms with Crippen molar-refractivity contribution in [3.8, 4) is 5.75 Å². The summed E-state index contributed by atoms with van der Waals surface area (Å²) in [6.45, 7) is 1.92. The van der Waals surface area contributed by atoms with Crippen LogP contribution in [0.4, 0.5) is 0 Å². The van der Waals surface area contributed by atoms with Crippen molar-refractivity contribution >= 4 is 11.9 Å². The number of likely N-dealkylation sites (tertiary alicyclic amines) is 1. The highest BCUT2D eigenvalue weighted by atomic mass is 16.5. The van der Waals surface area contributed by atoms with Gasteiger partial charge in [-0.1, -0.05) is 18.9 Å². The van der Waals surface area contributed by atoms with Crippen molar-refractivity contribution < 1.29 is 19.4 Å². The van der Waals surface area contributed by atoms with Gasteiger partial charge in [0.25, 0.3) is 5.91 Å². The number of hydrogen-bond donors (Lipinski definition) is 1. The molecule has 2 aliphatic rings. The fourth-order valence-electron chi connectivity index (χ4n) is 4.07. The Morgan fingerprint density at radius 2 is 2.00 bits per heavy atom. The molecule has 5 heteroatoms. The minimum atomic E-state index is -0.896. The second-order valence-corrected chi connectivity index (χ2v) is 6.60. The van der Waals surface area contributed by atoms with Gasteiger partial charge in [-0.2, -0.15) is 0 Å². The number of fused-ring (bicyclic) bond motifs is 1. The van der Waals surface area contributed by atoms with Gasteiger partial charge in [-0.25, -0.2) is 4.79 Å². The maximum atomic E-state index is 13.0. The molecule has 3 unspecified atom stereocenters. The number of carboxylic acid groups (broad SMARTS) is 1. The molecule has 1 amide bonds. The summed E-state index contributed by atoms with van der Waals surface area (Å²) < 4.78 is 5.29. The summed E-state index contributed by atoms with van der Waals surface area (Å²) in [7, 11) is 1.57. The van der Waals surface area contributed by atoms with Crippen molar-refractivity contribution in [1.82, 2.24) is 4.90 Å². The Morgan fingerprint density at radius 3 is 2.70 bits per heavy atom. The normalized spacial score (nSPS) is 26.7. The molecule has 124 valence electrons. The largest absolute Gasteiger partial charge is 0.496 e. The average molecular weight is 317 g/mol. The van der Waals surface area contributed by atoms with E-state index in [1.54, 1.807) is 24.1 Å². The number of methoxy groups -OCH3 is 1. The molecule has 0 radical (unpaired) electrons. The predicted molar refractivity (Wildman–Crippen MR) is 85.7 cm³/mol. The first kappa shape index (κ1) is 15.8. The molecule has 1 saturated carbocycles. The van der Waals surface area contributed by atoms with Crippen LogP contribution >= 0.6 is 0 Å². The Labute approximate surface area is 136 Å². The molecule has 3 rings (SSSR count). The highest BCUT2D eigenvalue weighted by molar-refractivity contribution is 5.97. The number of aryl methyl sites for hydroxylation is 1. The van der Waals surface area contributed by atoms with E-state index < -0.39 is 12.0 Å². The van der Waals surface area contributed by atoms with Crippen LogP contribution in [0.1, 0.15) is 48.0 Å². The summed E-state index contributed by atoms with van der Waals surface area (Å²) in [5, 5.41) is 9.55. The zero-order valence-electron chi connectivity index (χ0n) is 13.6. The van der Waals surface area contributed by atoms with Crippen LogP contribution in [0.5, 0.6) is 5.75 Å². The molecule has 1 saturated heterocycles. The fraction of sp³-hybridized carbons (Fsp3) is 0.556. The molecule has 0 aromatic heterocycles. The summed E-state index contributed by atoms with van der Waals surface area (Å²) in [5.74, 6) is -0.111. The molecular weight excluding hydrogens is 294 g/mol. The molecular formula is C18H23NO4. The van der Waals surface area contributed by atoms with Gasteiger partial charge in [0.2, 0.25) is 0 Å².